The number of aliphatic hydroxyl groups excluding tert-OH is 1. The van der Waals surface area contributed by atoms with Gasteiger partial charge in [0, 0.05) is 14.2 Å². The Morgan fingerprint density at radius 1 is 1.25 bits per heavy atom. The molecule has 0 unspecified atom stereocenters. The van der Waals surface area contributed by atoms with Crippen LogP contribution >= 0.6 is 0 Å². The summed E-state index contributed by atoms with van der Waals surface area (Å²) in [5.41, 5.74) is 2.69. The van der Waals surface area contributed by atoms with Crippen molar-refractivity contribution in [3.8, 4) is 11.6 Å². The van der Waals surface area contributed by atoms with Crippen LogP contribution in [0, 0.1) is 6.92 Å². The van der Waals surface area contributed by atoms with Gasteiger partial charge in [-0.2, -0.15) is 5.10 Å². The molecule has 1 heterocycles. The summed E-state index contributed by atoms with van der Waals surface area (Å²) in [6.45, 7) is 2.48. The summed E-state index contributed by atoms with van der Waals surface area (Å²) >= 11 is 0. The third-order valence-electron chi connectivity index (χ3n) is 3.18. The van der Waals surface area contributed by atoms with Crippen molar-refractivity contribution >= 4 is 0 Å². The fraction of sp³-hybridized carbons (Fsp3) is 0.400. The zero-order valence-electron chi connectivity index (χ0n) is 12.1. The van der Waals surface area contributed by atoms with Crippen LogP contribution in [0.15, 0.2) is 24.3 Å². The van der Waals surface area contributed by atoms with E-state index in [9.17, 15) is 5.11 Å². The number of aliphatic hydroxyl groups is 1. The van der Waals surface area contributed by atoms with Gasteiger partial charge in [0.25, 0.3) is 0 Å². The second kappa shape index (κ2) is 6.54. The first-order valence-corrected chi connectivity index (χ1v) is 6.54. The van der Waals surface area contributed by atoms with Crippen LogP contribution in [-0.4, -0.2) is 28.6 Å². The molecule has 1 aromatic carbocycles. The standard InChI is InChI=1S/C15H20N2O3/c1-11-14(10-18)15(17(2)16-11)20-13-6-4-12(5-7-13)8-9-19-3/h4-7,18H,8-10H2,1-3H3. The molecule has 0 saturated heterocycles. The predicted octanol–water partition coefficient (Wildman–Crippen LogP) is 2.20. The summed E-state index contributed by atoms with van der Waals surface area (Å²) in [5.74, 6) is 1.30. The molecule has 1 N–H and O–H groups in total. The summed E-state index contributed by atoms with van der Waals surface area (Å²) in [7, 11) is 3.49. The highest BCUT2D eigenvalue weighted by Crippen LogP contribution is 2.27. The van der Waals surface area contributed by atoms with Gasteiger partial charge in [0.2, 0.25) is 5.88 Å². The molecule has 0 spiro atoms. The molecule has 0 bridgehead atoms. The third-order valence-corrected chi connectivity index (χ3v) is 3.18. The van der Waals surface area contributed by atoms with Gasteiger partial charge in [-0.15, -0.1) is 0 Å². The molecule has 108 valence electrons. The number of hydrogen-bond acceptors (Lipinski definition) is 4. The van der Waals surface area contributed by atoms with E-state index in [-0.39, 0.29) is 6.61 Å². The molecule has 1 aromatic heterocycles. The second-order valence-electron chi connectivity index (χ2n) is 4.64. The summed E-state index contributed by atoms with van der Waals surface area (Å²) in [6.07, 6.45) is 0.878. The van der Waals surface area contributed by atoms with Crippen LogP contribution in [0.4, 0.5) is 0 Å². The average molecular weight is 276 g/mol. The highest BCUT2D eigenvalue weighted by molar-refractivity contribution is 5.36. The maximum absolute atomic E-state index is 9.38. The van der Waals surface area contributed by atoms with Crippen LogP contribution in [0.2, 0.25) is 0 Å². The molecule has 0 atom stereocenters. The summed E-state index contributed by atoms with van der Waals surface area (Å²) in [6, 6.07) is 7.84. The molecule has 20 heavy (non-hydrogen) atoms. The molecule has 0 fully saturated rings. The fourth-order valence-corrected chi connectivity index (χ4v) is 2.05. The van der Waals surface area contributed by atoms with E-state index in [1.54, 1.807) is 18.8 Å². The Morgan fingerprint density at radius 2 is 1.95 bits per heavy atom. The Kier molecular flexibility index (Phi) is 4.76. The minimum Gasteiger partial charge on any atom is -0.439 e. The minimum atomic E-state index is -0.0824. The van der Waals surface area contributed by atoms with Gasteiger partial charge in [0.05, 0.1) is 24.5 Å². The Hall–Kier alpha value is -1.85. The number of ether oxygens (including phenoxy) is 2. The van der Waals surface area contributed by atoms with Gasteiger partial charge in [-0.05, 0) is 31.0 Å². The van der Waals surface area contributed by atoms with Crippen molar-refractivity contribution in [2.75, 3.05) is 13.7 Å². The third kappa shape index (κ3) is 3.18. The van der Waals surface area contributed by atoms with Gasteiger partial charge in [-0.1, -0.05) is 12.1 Å². The molecular formula is C15H20N2O3. The molecule has 2 aromatic rings. The van der Waals surface area contributed by atoms with Crippen LogP contribution in [0.5, 0.6) is 11.6 Å². The number of aryl methyl sites for hydroxylation is 2. The predicted molar refractivity (Wildman–Crippen MR) is 76.0 cm³/mol. The number of aromatic nitrogens is 2. The maximum atomic E-state index is 9.38. The maximum Gasteiger partial charge on any atom is 0.223 e. The van der Waals surface area contributed by atoms with Gasteiger partial charge in [0.1, 0.15) is 5.75 Å². The number of nitrogens with zero attached hydrogens (tertiary/aromatic N) is 2. The highest BCUT2D eigenvalue weighted by atomic mass is 16.5. The molecule has 5 nitrogen and oxygen atoms in total. The van der Waals surface area contributed by atoms with Crippen LogP contribution in [-0.2, 0) is 24.8 Å². The average Bonchev–Trinajstić information content (AvgIpc) is 2.72. The molecule has 0 saturated carbocycles. The zero-order valence-corrected chi connectivity index (χ0v) is 12.1. The normalized spacial score (nSPS) is 10.8. The van der Waals surface area contributed by atoms with Gasteiger partial charge in [-0.3, -0.25) is 0 Å². The molecule has 0 amide bonds. The lowest BCUT2D eigenvalue weighted by Gasteiger charge is -2.08. The SMILES string of the molecule is COCCc1ccc(Oc2c(CO)c(C)nn2C)cc1. The molecule has 0 aliphatic heterocycles. The summed E-state index contributed by atoms with van der Waals surface area (Å²) in [5, 5.41) is 13.6. The van der Waals surface area contributed by atoms with Crippen LogP contribution in [0.1, 0.15) is 16.8 Å². The molecule has 0 aliphatic rings. The highest BCUT2D eigenvalue weighted by Gasteiger charge is 2.14. The molecular weight excluding hydrogens is 256 g/mol. The summed E-state index contributed by atoms with van der Waals surface area (Å²) < 4.78 is 12.5. The van der Waals surface area contributed by atoms with E-state index < -0.39 is 0 Å². The molecule has 0 radical (unpaired) electrons. The smallest absolute Gasteiger partial charge is 0.223 e. The van der Waals surface area contributed by atoms with E-state index in [2.05, 4.69) is 5.10 Å². The van der Waals surface area contributed by atoms with Crippen LogP contribution in [0.25, 0.3) is 0 Å². The minimum absolute atomic E-state index is 0.0824. The Balaban J connectivity index is 2.14. The largest absolute Gasteiger partial charge is 0.439 e. The van der Waals surface area contributed by atoms with Crippen molar-refractivity contribution in [3.05, 3.63) is 41.1 Å². The van der Waals surface area contributed by atoms with Gasteiger partial charge < -0.3 is 14.6 Å². The Morgan fingerprint density at radius 3 is 2.55 bits per heavy atom. The topological polar surface area (TPSA) is 56.5 Å². The second-order valence-corrected chi connectivity index (χ2v) is 4.64. The number of benzene rings is 1. The van der Waals surface area contributed by atoms with E-state index in [1.165, 1.54) is 5.56 Å². The summed E-state index contributed by atoms with van der Waals surface area (Å²) in [4.78, 5) is 0. The molecule has 5 heteroatoms. The zero-order chi connectivity index (χ0) is 14.5. The molecule has 2 rings (SSSR count). The van der Waals surface area contributed by atoms with Gasteiger partial charge in [-0.25, -0.2) is 4.68 Å². The van der Waals surface area contributed by atoms with E-state index in [4.69, 9.17) is 9.47 Å². The van der Waals surface area contributed by atoms with Crippen molar-refractivity contribution in [2.24, 2.45) is 7.05 Å². The van der Waals surface area contributed by atoms with E-state index >= 15 is 0 Å². The van der Waals surface area contributed by atoms with Crippen molar-refractivity contribution in [2.45, 2.75) is 20.0 Å². The molecule has 0 aliphatic carbocycles. The number of methoxy groups -OCH3 is 1. The first kappa shape index (κ1) is 14.6. The van der Waals surface area contributed by atoms with E-state index in [0.717, 1.165) is 23.4 Å². The van der Waals surface area contributed by atoms with Crippen LogP contribution < -0.4 is 4.74 Å². The first-order valence-electron chi connectivity index (χ1n) is 6.54. The Labute approximate surface area is 118 Å². The van der Waals surface area contributed by atoms with Crippen molar-refractivity contribution in [1.82, 2.24) is 9.78 Å². The van der Waals surface area contributed by atoms with Crippen molar-refractivity contribution in [1.29, 1.82) is 0 Å². The van der Waals surface area contributed by atoms with E-state index in [0.29, 0.717) is 12.5 Å². The number of rotatable bonds is 6. The number of hydrogen-bond donors (Lipinski definition) is 1. The van der Waals surface area contributed by atoms with Gasteiger partial charge >= 0.3 is 0 Å². The van der Waals surface area contributed by atoms with Gasteiger partial charge in [0.15, 0.2) is 0 Å². The monoisotopic (exact) mass is 276 g/mol. The fourth-order valence-electron chi connectivity index (χ4n) is 2.05. The lowest BCUT2D eigenvalue weighted by Crippen LogP contribution is -1.98. The van der Waals surface area contributed by atoms with Crippen LogP contribution in [0.3, 0.4) is 0 Å². The van der Waals surface area contributed by atoms with Crippen molar-refractivity contribution in [3.63, 3.8) is 0 Å². The lowest BCUT2D eigenvalue weighted by atomic mass is 10.1. The lowest BCUT2D eigenvalue weighted by molar-refractivity contribution is 0.202. The first-order chi connectivity index (χ1) is 9.65. The van der Waals surface area contributed by atoms with E-state index in [1.807, 2.05) is 31.2 Å². The van der Waals surface area contributed by atoms with Crippen molar-refractivity contribution < 1.29 is 14.6 Å². The quantitative estimate of drug-likeness (QED) is 0.878. The Bertz CT molecular complexity index is 561.